The van der Waals surface area contributed by atoms with E-state index in [4.69, 9.17) is 41.6 Å². The van der Waals surface area contributed by atoms with Gasteiger partial charge in [0.05, 0.1) is 44.2 Å². The molecule has 1 atom stereocenters. The van der Waals surface area contributed by atoms with E-state index in [1.807, 2.05) is 6.07 Å². The van der Waals surface area contributed by atoms with Gasteiger partial charge in [-0.1, -0.05) is 29.3 Å². The van der Waals surface area contributed by atoms with Gasteiger partial charge in [-0.3, -0.25) is 8.98 Å². The van der Waals surface area contributed by atoms with Crippen molar-refractivity contribution in [2.75, 3.05) is 47.3 Å². The zero-order valence-electron chi connectivity index (χ0n) is 19.4. The lowest BCUT2D eigenvalue weighted by Crippen LogP contribution is -2.35. The monoisotopic (exact) mass is 531 g/mol. The van der Waals surface area contributed by atoms with Gasteiger partial charge < -0.3 is 19.1 Å². The SMILES string of the molecule is COc1cc(C(=O)N2CC[C@@](CCOS(C)(=O)=O)(c3ccc(Cl)c(Cl)c3)C2)cc(OC)c1OC. The van der Waals surface area contributed by atoms with E-state index < -0.39 is 15.5 Å². The lowest BCUT2D eigenvalue weighted by atomic mass is 9.77. The van der Waals surface area contributed by atoms with Crippen LogP contribution in [0, 0.1) is 0 Å². The van der Waals surface area contributed by atoms with Crippen molar-refractivity contribution in [3.8, 4) is 17.2 Å². The summed E-state index contributed by atoms with van der Waals surface area (Å²) in [6.07, 6.45) is 1.97. The Bertz CT molecular complexity index is 1150. The number of rotatable bonds is 9. The van der Waals surface area contributed by atoms with Crippen molar-refractivity contribution >= 4 is 39.2 Å². The van der Waals surface area contributed by atoms with Crippen LogP contribution in [0.15, 0.2) is 30.3 Å². The highest BCUT2D eigenvalue weighted by atomic mass is 35.5. The first-order valence-electron chi connectivity index (χ1n) is 10.4. The van der Waals surface area contributed by atoms with Gasteiger partial charge in [-0.15, -0.1) is 0 Å². The molecule has 1 saturated heterocycles. The van der Waals surface area contributed by atoms with Crippen LogP contribution in [-0.2, 0) is 19.7 Å². The summed E-state index contributed by atoms with van der Waals surface area (Å²) in [7, 11) is 0.860. The molecule has 8 nitrogen and oxygen atoms in total. The second-order valence-corrected chi connectivity index (χ2v) is 10.5. The fraction of sp³-hybridized carbons (Fsp3) is 0.435. The summed E-state index contributed by atoms with van der Waals surface area (Å²) in [4.78, 5) is 15.2. The number of amides is 1. The third kappa shape index (κ3) is 5.71. The lowest BCUT2D eigenvalue weighted by Gasteiger charge is -2.30. The maximum absolute atomic E-state index is 13.5. The van der Waals surface area contributed by atoms with Crippen LogP contribution in [0.25, 0.3) is 0 Å². The summed E-state index contributed by atoms with van der Waals surface area (Å²) in [5.41, 5.74) is 0.681. The Morgan fingerprint density at radius 2 is 1.68 bits per heavy atom. The molecule has 3 rings (SSSR count). The van der Waals surface area contributed by atoms with Crippen LogP contribution >= 0.6 is 23.2 Å². The molecule has 1 fully saturated rings. The van der Waals surface area contributed by atoms with Crippen LogP contribution in [0.2, 0.25) is 10.0 Å². The minimum atomic E-state index is -3.60. The number of likely N-dealkylation sites (tertiary alicyclic amines) is 1. The number of hydrogen-bond acceptors (Lipinski definition) is 7. The summed E-state index contributed by atoms with van der Waals surface area (Å²) in [5.74, 6) is 0.930. The summed E-state index contributed by atoms with van der Waals surface area (Å²) in [6, 6.07) is 8.52. The van der Waals surface area contributed by atoms with Gasteiger partial charge in [0.15, 0.2) is 11.5 Å². The van der Waals surface area contributed by atoms with Crippen molar-refractivity contribution in [2.24, 2.45) is 0 Å². The van der Waals surface area contributed by atoms with E-state index in [1.165, 1.54) is 21.3 Å². The molecule has 0 bridgehead atoms. The van der Waals surface area contributed by atoms with Crippen LogP contribution in [-0.4, -0.2) is 66.5 Å². The van der Waals surface area contributed by atoms with Crippen LogP contribution in [0.1, 0.15) is 28.8 Å². The Hall–Kier alpha value is -2.20. The predicted octanol–water partition coefficient (Wildman–Crippen LogP) is 4.17. The molecule has 0 spiro atoms. The third-order valence-electron chi connectivity index (χ3n) is 5.96. The van der Waals surface area contributed by atoms with E-state index in [9.17, 15) is 13.2 Å². The zero-order chi connectivity index (χ0) is 25.1. The van der Waals surface area contributed by atoms with Gasteiger partial charge >= 0.3 is 0 Å². The van der Waals surface area contributed by atoms with Crippen molar-refractivity contribution in [1.29, 1.82) is 0 Å². The van der Waals surface area contributed by atoms with Crippen molar-refractivity contribution in [3.63, 3.8) is 0 Å². The maximum atomic E-state index is 13.5. The molecule has 1 amide bonds. The van der Waals surface area contributed by atoms with Gasteiger partial charge in [0.25, 0.3) is 16.0 Å². The molecule has 0 saturated carbocycles. The number of ether oxygens (including phenoxy) is 3. The van der Waals surface area contributed by atoms with Crippen LogP contribution < -0.4 is 14.2 Å². The number of halogens is 2. The minimum absolute atomic E-state index is 0.0225. The van der Waals surface area contributed by atoms with Crippen molar-refractivity contribution in [3.05, 3.63) is 51.5 Å². The molecule has 0 radical (unpaired) electrons. The van der Waals surface area contributed by atoms with Gasteiger partial charge in [0, 0.05) is 24.1 Å². The Labute approximate surface area is 209 Å². The molecular formula is C23H27Cl2NO7S. The Morgan fingerprint density at radius 3 is 2.21 bits per heavy atom. The molecule has 11 heteroatoms. The number of methoxy groups -OCH3 is 3. The normalized spacial score (nSPS) is 18.1. The highest BCUT2D eigenvalue weighted by Crippen LogP contribution is 2.42. The molecule has 1 aliphatic heterocycles. The fourth-order valence-electron chi connectivity index (χ4n) is 4.23. The first-order valence-corrected chi connectivity index (χ1v) is 13.0. The molecule has 34 heavy (non-hydrogen) atoms. The molecule has 0 N–H and O–H groups in total. The third-order valence-corrected chi connectivity index (χ3v) is 7.30. The van der Waals surface area contributed by atoms with E-state index in [-0.39, 0.29) is 12.5 Å². The summed E-state index contributed by atoms with van der Waals surface area (Å²) in [6.45, 7) is 0.771. The standard InChI is InChI=1S/C23H27Cl2NO7S/c1-30-19-11-15(12-20(31-2)21(19)32-3)22(27)26-9-7-23(14-26,8-10-33-34(4,28)29)16-5-6-17(24)18(25)13-16/h5-6,11-13H,7-10,14H2,1-4H3/t23-/m0/s1. The van der Waals surface area contributed by atoms with Crippen LogP contribution in [0.3, 0.4) is 0 Å². The summed E-state index contributed by atoms with van der Waals surface area (Å²) >= 11 is 12.4. The molecule has 1 aliphatic rings. The average Bonchev–Trinajstić information content (AvgIpc) is 3.23. The minimum Gasteiger partial charge on any atom is -0.493 e. The number of nitrogens with zero attached hydrogens (tertiary/aromatic N) is 1. The van der Waals surface area contributed by atoms with Gasteiger partial charge in [0.2, 0.25) is 5.75 Å². The van der Waals surface area contributed by atoms with Crippen molar-refractivity contribution < 1.29 is 31.6 Å². The fourth-order valence-corrected chi connectivity index (χ4v) is 4.92. The number of carbonyl (C=O) groups is 1. The molecular weight excluding hydrogens is 505 g/mol. The lowest BCUT2D eigenvalue weighted by molar-refractivity contribution is 0.0779. The molecule has 0 aliphatic carbocycles. The second kappa shape index (κ2) is 10.6. The van der Waals surface area contributed by atoms with E-state index in [0.717, 1.165) is 11.8 Å². The van der Waals surface area contributed by atoms with E-state index in [1.54, 1.807) is 29.2 Å². The van der Waals surface area contributed by atoms with E-state index in [0.29, 0.717) is 58.8 Å². The topological polar surface area (TPSA) is 91.4 Å². The maximum Gasteiger partial charge on any atom is 0.264 e. The van der Waals surface area contributed by atoms with Gasteiger partial charge in [-0.2, -0.15) is 8.42 Å². The van der Waals surface area contributed by atoms with Crippen molar-refractivity contribution in [2.45, 2.75) is 18.3 Å². The van der Waals surface area contributed by atoms with Crippen LogP contribution in [0.5, 0.6) is 17.2 Å². The van der Waals surface area contributed by atoms with E-state index >= 15 is 0 Å². The Balaban J connectivity index is 1.93. The molecule has 2 aromatic rings. The number of carbonyl (C=O) groups excluding carboxylic acids is 1. The zero-order valence-corrected chi connectivity index (χ0v) is 21.7. The predicted molar refractivity (Wildman–Crippen MR) is 130 cm³/mol. The molecule has 1 heterocycles. The quantitative estimate of drug-likeness (QED) is 0.448. The largest absolute Gasteiger partial charge is 0.493 e. The molecule has 2 aromatic carbocycles. The van der Waals surface area contributed by atoms with Gasteiger partial charge in [-0.05, 0) is 42.7 Å². The van der Waals surface area contributed by atoms with Crippen molar-refractivity contribution in [1.82, 2.24) is 4.90 Å². The van der Waals surface area contributed by atoms with Gasteiger partial charge in [0.1, 0.15) is 0 Å². The highest BCUT2D eigenvalue weighted by Gasteiger charge is 2.42. The van der Waals surface area contributed by atoms with E-state index in [2.05, 4.69) is 0 Å². The van der Waals surface area contributed by atoms with Crippen LogP contribution in [0.4, 0.5) is 0 Å². The Kier molecular flexibility index (Phi) is 8.23. The summed E-state index contributed by atoms with van der Waals surface area (Å²) < 4.78 is 44.1. The molecule has 0 unspecified atom stereocenters. The molecule has 0 aromatic heterocycles. The smallest absolute Gasteiger partial charge is 0.264 e. The summed E-state index contributed by atoms with van der Waals surface area (Å²) in [5, 5.41) is 0.799. The molecule has 186 valence electrons. The Morgan fingerprint density at radius 1 is 1.03 bits per heavy atom. The first kappa shape index (κ1) is 26.4. The first-order chi connectivity index (χ1) is 16.0. The van der Waals surface area contributed by atoms with Gasteiger partial charge in [-0.25, -0.2) is 0 Å². The number of hydrogen-bond donors (Lipinski definition) is 0. The highest BCUT2D eigenvalue weighted by molar-refractivity contribution is 7.85. The second-order valence-electron chi connectivity index (χ2n) is 8.08. The number of benzene rings is 2. The average molecular weight is 532 g/mol.